The molecule has 0 aliphatic carbocycles. The van der Waals surface area contributed by atoms with E-state index in [2.05, 4.69) is 0 Å². The quantitative estimate of drug-likeness (QED) is 0.752. The molecule has 112 valence electrons. The number of Topliss-reactive ketones (excluding diaryl/α,β-unsaturated/α-hetero) is 1. The normalized spacial score (nSPS) is 17.9. The topological polar surface area (TPSA) is 43.4 Å². The Hall–Kier alpha value is -1.55. The highest BCUT2D eigenvalue weighted by molar-refractivity contribution is 8.08. The third kappa shape index (κ3) is 3.97. The van der Waals surface area contributed by atoms with Gasteiger partial charge in [-0.3, -0.25) is 0 Å². The predicted octanol–water partition coefficient (Wildman–Crippen LogP) is 3.69. The van der Waals surface area contributed by atoms with E-state index in [9.17, 15) is 9.59 Å². The number of hydrogen-bond acceptors (Lipinski definition) is 4. The van der Waals surface area contributed by atoms with E-state index in [0.29, 0.717) is 19.4 Å². The Bertz CT molecular complexity index is 548. The van der Waals surface area contributed by atoms with Crippen molar-refractivity contribution in [3.63, 3.8) is 0 Å². The summed E-state index contributed by atoms with van der Waals surface area (Å²) in [4.78, 5) is 24.5. The summed E-state index contributed by atoms with van der Waals surface area (Å²) in [6.45, 7) is 3.77. The Morgan fingerprint density at radius 1 is 1.29 bits per heavy atom. The van der Waals surface area contributed by atoms with Gasteiger partial charge in [0.15, 0.2) is 0 Å². The van der Waals surface area contributed by atoms with Gasteiger partial charge in [0, 0.05) is 23.0 Å². The van der Waals surface area contributed by atoms with Crippen molar-refractivity contribution in [3.05, 3.63) is 41.5 Å². The number of hydrogen-bond donors (Lipinski definition) is 0. The van der Waals surface area contributed by atoms with Crippen LogP contribution in [0.15, 0.2) is 35.9 Å². The summed E-state index contributed by atoms with van der Waals surface area (Å²) in [5.41, 5.74) is 1.80. The van der Waals surface area contributed by atoms with Crippen molar-refractivity contribution < 1.29 is 14.3 Å². The van der Waals surface area contributed by atoms with Crippen LogP contribution in [-0.4, -0.2) is 24.1 Å². The molecule has 0 bridgehead atoms. The number of thioether (sulfide) groups is 1. The fraction of sp³-hybridized carbons (Fsp3) is 0.412. The van der Waals surface area contributed by atoms with Gasteiger partial charge in [0.05, 0.1) is 12.2 Å². The van der Waals surface area contributed by atoms with Crippen molar-refractivity contribution in [2.75, 3.05) is 12.4 Å². The fourth-order valence-electron chi connectivity index (χ4n) is 2.43. The van der Waals surface area contributed by atoms with Crippen LogP contribution in [0.4, 0.5) is 0 Å². The number of esters is 1. The lowest BCUT2D eigenvalue weighted by Crippen LogP contribution is -2.16. The molecule has 0 saturated carbocycles. The second-order valence-corrected chi connectivity index (χ2v) is 6.11. The van der Waals surface area contributed by atoms with Crippen LogP contribution in [0.5, 0.6) is 0 Å². The number of benzene rings is 1. The van der Waals surface area contributed by atoms with Gasteiger partial charge >= 0.3 is 5.97 Å². The molecule has 0 amide bonds. The van der Waals surface area contributed by atoms with E-state index in [0.717, 1.165) is 21.8 Å². The molecule has 1 aromatic carbocycles. The van der Waals surface area contributed by atoms with Crippen LogP contribution in [0, 0.1) is 5.92 Å². The SMILES string of the molecule is CCOC(=O)C1=C(c2ccccc2)SCC1CCC(C)=O. The van der Waals surface area contributed by atoms with Crippen LogP contribution in [0.1, 0.15) is 32.3 Å². The van der Waals surface area contributed by atoms with E-state index < -0.39 is 0 Å². The summed E-state index contributed by atoms with van der Waals surface area (Å²) in [6.07, 6.45) is 1.23. The van der Waals surface area contributed by atoms with Crippen molar-refractivity contribution in [2.24, 2.45) is 5.92 Å². The highest BCUT2D eigenvalue weighted by Gasteiger charge is 2.32. The Labute approximate surface area is 129 Å². The maximum atomic E-state index is 12.3. The number of carbonyl (C=O) groups is 2. The minimum absolute atomic E-state index is 0.105. The van der Waals surface area contributed by atoms with E-state index in [-0.39, 0.29) is 17.7 Å². The standard InChI is InChI=1S/C17H20O3S/c1-3-20-17(19)15-14(10-9-12(2)18)11-21-16(15)13-7-5-4-6-8-13/h4-8,14H,3,9-11H2,1-2H3. The molecular formula is C17H20O3S. The van der Waals surface area contributed by atoms with Crippen LogP contribution in [0.2, 0.25) is 0 Å². The summed E-state index contributed by atoms with van der Waals surface area (Å²) in [5, 5.41) is 0. The first-order valence-corrected chi connectivity index (χ1v) is 8.21. The molecule has 2 rings (SSSR count). The van der Waals surface area contributed by atoms with Crippen molar-refractivity contribution in [1.29, 1.82) is 0 Å². The van der Waals surface area contributed by atoms with Gasteiger partial charge in [-0.05, 0) is 25.8 Å². The largest absolute Gasteiger partial charge is 0.463 e. The van der Waals surface area contributed by atoms with Crippen molar-refractivity contribution in [3.8, 4) is 0 Å². The third-order valence-corrected chi connectivity index (χ3v) is 4.77. The Kier molecular flexibility index (Phi) is 5.62. The zero-order valence-corrected chi connectivity index (χ0v) is 13.2. The van der Waals surface area contributed by atoms with Gasteiger partial charge in [0.2, 0.25) is 0 Å². The van der Waals surface area contributed by atoms with Gasteiger partial charge < -0.3 is 9.53 Å². The average Bonchev–Trinajstić information content (AvgIpc) is 2.90. The smallest absolute Gasteiger partial charge is 0.335 e. The van der Waals surface area contributed by atoms with E-state index >= 15 is 0 Å². The molecule has 0 saturated heterocycles. The molecule has 0 N–H and O–H groups in total. The highest BCUT2D eigenvalue weighted by atomic mass is 32.2. The van der Waals surface area contributed by atoms with Crippen LogP contribution >= 0.6 is 11.8 Å². The lowest BCUT2D eigenvalue weighted by atomic mass is 9.93. The lowest BCUT2D eigenvalue weighted by molar-refractivity contribution is -0.139. The number of ether oxygens (including phenoxy) is 1. The van der Waals surface area contributed by atoms with Crippen LogP contribution < -0.4 is 0 Å². The Morgan fingerprint density at radius 2 is 2.00 bits per heavy atom. The van der Waals surface area contributed by atoms with E-state index in [1.807, 2.05) is 37.3 Å². The average molecular weight is 304 g/mol. The van der Waals surface area contributed by atoms with Crippen LogP contribution in [0.3, 0.4) is 0 Å². The summed E-state index contributed by atoms with van der Waals surface area (Å²) in [7, 11) is 0. The zero-order chi connectivity index (χ0) is 15.2. The zero-order valence-electron chi connectivity index (χ0n) is 12.4. The van der Waals surface area contributed by atoms with E-state index in [1.54, 1.807) is 18.7 Å². The van der Waals surface area contributed by atoms with Crippen molar-refractivity contribution in [1.82, 2.24) is 0 Å². The van der Waals surface area contributed by atoms with Gasteiger partial charge in [-0.25, -0.2) is 4.79 Å². The molecular weight excluding hydrogens is 284 g/mol. The van der Waals surface area contributed by atoms with E-state index in [1.165, 1.54) is 0 Å². The minimum Gasteiger partial charge on any atom is -0.463 e. The third-order valence-electron chi connectivity index (χ3n) is 3.46. The molecule has 1 aliphatic rings. The maximum absolute atomic E-state index is 12.3. The molecule has 4 heteroatoms. The first-order chi connectivity index (χ1) is 10.1. The second kappa shape index (κ2) is 7.46. The Morgan fingerprint density at radius 3 is 2.62 bits per heavy atom. The van der Waals surface area contributed by atoms with Gasteiger partial charge in [0.25, 0.3) is 0 Å². The molecule has 0 spiro atoms. The van der Waals surface area contributed by atoms with Gasteiger partial charge in [0.1, 0.15) is 5.78 Å². The maximum Gasteiger partial charge on any atom is 0.335 e. The minimum atomic E-state index is -0.241. The molecule has 0 aromatic heterocycles. The molecule has 0 radical (unpaired) electrons. The number of ketones is 1. The molecule has 21 heavy (non-hydrogen) atoms. The Balaban J connectivity index is 2.31. The van der Waals surface area contributed by atoms with E-state index in [4.69, 9.17) is 4.74 Å². The van der Waals surface area contributed by atoms with Gasteiger partial charge in [-0.1, -0.05) is 30.3 Å². The fourth-order valence-corrected chi connectivity index (χ4v) is 3.84. The van der Waals surface area contributed by atoms with Crippen molar-refractivity contribution >= 4 is 28.4 Å². The summed E-state index contributed by atoms with van der Waals surface area (Å²) in [5.74, 6) is 0.866. The highest BCUT2D eigenvalue weighted by Crippen LogP contribution is 2.44. The second-order valence-electron chi connectivity index (χ2n) is 5.08. The monoisotopic (exact) mass is 304 g/mol. The summed E-state index contributed by atoms with van der Waals surface area (Å²) < 4.78 is 5.22. The summed E-state index contributed by atoms with van der Waals surface area (Å²) >= 11 is 1.69. The van der Waals surface area contributed by atoms with Crippen molar-refractivity contribution in [2.45, 2.75) is 26.7 Å². The number of rotatable bonds is 6. The first-order valence-electron chi connectivity index (χ1n) is 7.22. The molecule has 1 unspecified atom stereocenters. The summed E-state index contributed by atoms with van der Waals surface area (Å²) in [6, 6.07) is 9.91. The predicted molar refractivity (Wildman–Crippen MR) is 85.9 cm³/mol. The molecule has 3 nitrogen and oxygen atoms in total. The molecule has 1 aromatic rings. The molecule has 0 fully saturated rings. The lowest BCUT2D eigenvalue weighted by Gasteiger charge is -2.13. The first kappa shape index (κ1) is 15.8. The molecule has 1 aliphatic heterocycles. The molecule has 1 atom stereocenters. The molecule has 1 heterocycles. The number of carbonyl (C=O) groups excluding carboxylic acids is 2. The van der Waals surface area contributed by atoms with Crippen LogP contribution in [-0.2, 0) is 14.3 Å². The van der Waals surface area contributed by atoms with Gasteiger partial charge in [-0.2, -0.15) is 0 Å². The van der Waals surface area contributed by atoms with Crippen LogP contribution in [0.25, 0.3) is 4.91 Å². The van der Waals surface area contributed by atoms with Gasteiger partial charge in [-0.15, -0.1) is 11.8 Å².